The maximum atomic E-state index is 12.1. The first kappa shape index (κ1) is 14.3. The number of aliphatic hydroxyl groups is 1. The van der Waals surface area contributed by atoms with E-state index in [4.69, 9.17) is 5.11 Å². The lowest BCUT2D eigenvalue weighted by atomic mass is 10.3. The van der Waals surface area contributed by atoms with Crippen molar-refractivity contribution in [3.8, 4) is 11.8 Å². The number of thiophene rings is 1. The maximum Gasteiger partial charge on any atom is 0.266 e. The number of hydrogen-bond donors (Lipinski definition) is 2. The zero-order chi connectivity index (χ0) is 14.4. The number of nitrogens with zero attached hydrogens (tertiary/aromatic N) is 1. The monoisotopic (exact) mass is 286 g/mol. The molecular formula is C15H14N2O2S. The molecule has 0 aliphatic rings. The highest BCUT2D eigenvalue weighted by molar-refractivity contribution is 7.14. The van der Waals surface area contributed by atoms with Crippen molar-refractivity contribution in [3.63, 3.8) is 0 Å². The maximum absolute atomic E-state index is 12.1. The van der Waals surface area contributed by atoms with Crippen LogP contribution in [0.25, 0.3) is 0 Å². The molecular weight excluding hydrogens is 272 g/mol. The van der Waals surface area contributed by atoms with E-state index in [0.717, 1.165) is 6.42 Å². The Hall–Kier alpha value is -2.16. The topological polar surface area (TPSA) is 62.2 Å². The van der Waals surface area contributed by atoms with E-state index >= 15 is 0 Å². The van der Waals surface area contributed by atoms with E-state index < -0.39 is 0 Å². The number of pyridine rings is 1. The molecule has 0 aliphatic heterocycles. The van der Waals surface area contributed by atoms with Crippen LogP contribution >= 0.6 is 11.3 Å². The molecule has 2 N–H and O–H groups in total. The molecule has 0 radical (unpaired) electrons. The largest absolute Gasteiger partial charge is 0.384 e. The average molecular weight is 286 g/mol. The number of aryl methyl sites for hydroxylation is 1. The number of hydrogen-bond acceptors (Lipinski definition) is 4. The van der Waals surface area contributed by atoms with E-state index in [2.05, 4.69) is 29.1 Å². The van der Waals surface area contributed by atoms with Gasteiger partial charge in [0, 0.05) is 4.88 Å². The van der Waals surface area contributed by atoms with Gasteiger partial charge in [-0.05, 0) is 36.6 Å². The van der Waals surface area contributed by atoms with Gasteiger partial charge in [0.2, 0.25) is 0 Å². The normalized spacial score (nSPS) is 9.70. The number of aromatic nitrogens is 1. The Morgan fingerprint density at radius 1 is 1.40 bits per heavy atom. The van der Waals surface area contributed by atoms with Gasteiger partial charge in [-0.1, -0.05) is 18.9 Å². The zero-order valence-corrected chi connectivity index (χ0v) is 11.8. The van der Waals surface area contributed by atoms with Crippen LogP contribution in [0.5, 0.6) is 0 Å². The first-order valence-electron chi connectivity index (χ1n) is 6.19. The van der Waals surface area contributed by atoms with E-state index in [1.807, 2.05) is 12.1 Å². The molecule has 0 saturated carbocycles. The highest BCUT2D eigenvalue weighted by Gasteiger charge is 2.09. The Bertz CT molecular complexity index is 668. The smallest absolute Gasteiger partial charge is 0.266 e. The molecule has 0 aliphatic carbocycles. The molecule has 20 heavy (non-hydrogen) atoms. The number of rotatable bonds is 3. The number of amides is 1. The van der Waals surface area contributed by atoms with Crippen LogP contribution < -0.4 is 5.32 Å². The zero-order valence-electron chi connectivity index (χ0n) is 11.0. The summed E-state index contributed by atoms with van der Waals surface area (Å²) in [5.41, 5.74) is 0.511. The molecule has 5 heteroatoms. The van der Waals surface area contributed by atoms with Gasteiger partial charge in [-0.2, -0.15) is 0 Å². The molecule has 0 atom stereocenters. The van der Waals surface area contributed by atoms with E-state index in [1.54, 1.807) is 18.2 Å². The van der Waals surface area contributed by atoms with Gasteiger partial charge in [-0.3, -0.25) is 4.79 Å². The number of anilines is 1. The number of nitrogens with one attached hydrogen (secondary N) is 1. The van der Waals surface area contributed by atoms with Crippen molar-refractivity contribution < 1.29 is 9.90 Å². The Labute approximate surface area is 121 Å². The lowest BCUT2D eigenvalue weighted by Gasteiger charge is -2.02. The summed E-state index contributed by atoms with van der Waals surface area (Å²) in [5.74, 6) is 5.50. The van der Waals surface area contributed by atoms with E-state index in [9.17, 15) is 4.79 Å². The van der Waals surface area contributed by atoms with Crippen LogP contribution in [0, 0.1) is 11.8 Å². The Morgan fingerprint density at radius 3 is 2.95 bits per heavy atom. The molecule has 2 aromatic heterocycles. The van der Waals surface area contributed by atoms with Crippen molar-refractivity contribution in [1.29, 1.82) is 0 Å². The second-order valence-corrected chi connectivity index (χ2v) is 5.11. The average Bonchev–Trinajstić information content (AvgIpc) is 2.94. The fourth-order valence-corrected chi connectivity index (χ4v) is 2.41. The first-order chi connectivity index (χ1) is 9.72. The van der Waals surface area contributed by atoms with Crippen LogP contribution in [0.2, 0.25) is 0 Å². The quantitative estimate of drug-likeness (QED) is 0.851. The van der Waals surface area contributed by atoms with Crippen LogP contribution in [0.15, 0.2) is 30.3 Å². The van der Waals surface area contributed by atoms with Gasteiger partial charge in [0.25, 0.3) is 5.91 Å². The molecule has 2 heterocycles. The second-order valence-electron chi connectivity index (χ2n) is 3.94. The van der Waals surface area contributed by atoms with Gasteiger partial charge in [0.1, 0.15) is 18.1 Å². The lowest BCUT2D eigenvalue weighted by molar-refractivity contribution is 0.103. The predicted octanol–water partition coefficient (Wildman–Crippen LogP) is 2.30. The molecule has 2 aromatic rings. The van der Waals surface area contributed by atoms with Gasteiger partial charge < -0.3 is 10.4 Å². The standard InChI is InChI=1S/C15H14N2O2S/c1-2-12-8-9-13(20-12)15(19)17-14-7-3-5-11(16-14)6-4-10-18/h3,5,7-9,18H,2,10H2,1H3,(H,16,17,19). The van der Waals surface area contributed by atoms with Gasteiger partial charge in [-0.15, -0.1) is 11.3 Å². The lowest BCUT2D eigenvalue weighted by Crippen LogP contribution is -2.11. The molecule has 4 nitrogen and oxygen atoms in total. The number of aliphatic hydroxyl groups excluding tert-OH is 1. The van der Waals surface area contributed by atoms with Crippen LogP contribution in [-0.2, 0) is 6.42 Å². The van der Waals surface area contributed by atoms with Crippen molar-refractivity contribution in [2.45, 2.75) is 13.3 Å². The van der Waals surface area contributed by atoms with E-state index in [-0.39, 0.29) is 12.5 Å². The van der Waals surface area contributed by atoms with Crippen molar-refractivity contribution >= 4 is 23.1 Å². The summed E-state index contributed by atoms with van der Waals surface area (Å²) in [7, 11) is 0. The first-order valence-corrected chi connectivity index (χ1v) is 7.01. The summed E-state index contributed by atoms with van der Waals surface area (Å²) >= 11 is 1.48. The molecule has 102 valence electrons. The van der Waals surface area contributed by atoms with Crippen molar-refractivity contribution in [3.05, 3.63) is 45.8 Å². The van der Waals surface area contributed by atoms with Crippen LogP contribution in [-0.4, -0.2) is 22.6 Å². The SMILES string of the molecule is CCc1ccc(C(=O)Nc2cccc(C#CCO)n2)s1. The van der Waals surface area contributed by atoms with Gasteiger partial charge in [-0.25, -0.2) is 4.98 Å². The highest BCUT2D eigenvalue weighted by atomic mass is 32.1. The molecule has 0 fully saturated rings. The molecule has 2 rings (SSSR count). The van der Waals surface area contributed by atoms with Crippen LogP contribution in [0.3, 0.4) is 0 Å². The Balaban J connectivity index is 2.11. The Morgan fingerprint density at radius 2 is 2.25 bits per heavy atom. The number of carbonyl (C=O) groups excluding carboxylic acids is 1. The molecule has 0 unspecified atom stereocenters. The second kappa shape index (κ2) is 6.85. The predicted molar refractivity (Wildman–Crippen MR) is 79.9 cm³/mol. The third kappa shape index (κ3) is 3.67. The van der Waals surface area contributed by atoms with Gasteiger partial charge in [0.15, 0.2) is 0 Å². The van der Waals surface area contributed by atoms with Crippen molar-refractivity contribution in [2.24, 2.45) is 0 Å². The van der Waals surface area contributed by atoms with Crippen molar-refractivity contribution in [1.82, 2.24) is 4.98 Å². The molecule has 0 aromatic carbocycles. The van der Waals surface area contributed by atoms with Crippen LogP contribution in [0.4, 0.5) is 5.82 Å². The number of carbonyl (C=O) groups is 1. The van der Waals surface area contributed by atoms with Crippen LogP contribution in [0.1, 0.15) is 27.2 Å². The minimum absolute atomic E-state index is 0.172. The molecule has 0 spiro atoms. The summed E-state index contributed by atoms with van der Waals surface area (Å²) in [5, 5.41) is 11.4. The van der Waals surface area contributed by atoms with Gasteiger partial charge >= 0.3 is 0 Å². The van der Waals surface area contributed by atoms with Crippen molar-refractivity contribution in [2.75, 3.05) is 11.9 Å². The minimum atomic E-state index is -0.215. The summed E-state index contributed by atoms with van der Waals surface area (Å²) in [6.07, 6.45) is 0.919. The fourth-order valence-electron chi connectivity index (χ4n) is 1.57. The van der Waals surface area contributed by atoms with E-state index in [1.165, 1.54) is 16.2 Å². The summed E-state index contributed by atoms with van der Waals surface area (Å²) in [4.78, 5) is 18.1. The molecule has 1 amide bonds. The molecule has 0 saturated heterocycles. The van der Waals surface area contributed by atoms with E-state index in [0.29, 0.717) is 16.4 Å². The molecule has 0 bridgehead atoms. The minimum Gasteiger partial charge on any atom is -0.384 e. The summed E-state index contributed by atoms with van der Waals surface area (Å²) < 4.78 is 0. The third-order valence-electron chi connectivity index (χ3n) is 2.52. The third-order valence-corrected chi connectivity index (χ3v) is 3.75. The summed E-state index contributed by atoms with van der Waals surface area (Å²) in [6.45, 7) is 1.84. The highest BCUT2D eigenvalue weighted by Crippen LogP contribution is 2.18. The van der Waals surface area contributed by atoms with Gasteiger partial charge in [0.05, 0.1) is 4.88 Å². The summed E-state index contributed by atoms with van der Waals surface area (Å²) in [6, 6.07) is 8.95. The fraction of sp³-hybridized carbons (Fsp3) is 0.200. The Kier molecular flexibility index (Phi) is 4.88.